The van der Waals surface area contributed by atoms with Crippen molar-refractivity contribution in [1.29, 1.82) is 0 Å². The van der Waals surface area contributed by atoms with Crippen LogP contribution in [0, 0.1) is 5.82 Å². The Morgan fingerprint density at radius 2 is 2.00 bits per heavy atom. The van der Waals surface area contributed by atoms with E-state index in [9.17, 15) is 4.39 Å². The zero-order valence-electron chi connectivity index (χ0n) is 11.5. The summed E-state index contributed by atoms with van der Waals surface area (Å²) in [5.41, 5.74) is 0.985. The molecule has 1 heterocycles. The first kappa shape index (κ1) is 14.2. The highest BCUT2D eigenvalue weighted by Crippen LogP contribution is 2.13. The molecule has 106 valence electrons. The average Bonchev–Trinajstić information content (AvgIpc) is 2.47. The normalized spacial score (nSPS) is 10.3. The standard InChI is InChI=1S/C15H18FN3O/c1-2-3-8-20-15-9-14(18-11-19-15)17-10-12-4-6-13(16)7-5-12/h4-7,9,11H,2-3,8,10H2,1H3,(H,17,18,19). The molecule has 2 aromatic rings. The number of unbranched alkanes of at least 4 members (excludes halogenated alkanes) is 1. The summed E-state index contributed by atoms with van der Waals surface area (Å²) in [4.78, 5) is 8.18. The number of aromatic nitrogens is 2. The third-order valence-corrected chi connectivity index (χ3v) is 2.78. The number of hydrogen-bond acceptors (Lipinski definition) is 4. The molecule has 0 radical (unpaired) electrons. The van der Waals surface area contributed by atoms with E-state index in [1.54, 1.807) is 18.2 Å². The molecule has 0 amide bonds. The van der Waals surface area contributed by atoms with Gasteiger partial charge in [-0.3, -0.25) is 0 Å². The molecule has 1 aromatic heterocycles. The quantitative estimate of drug-likeness (QED) is 0.787. The first-order chi connectivity index (χ1) is 9.78. The molecule has 5 heteroatoms. The molecule has 0 aliphatic heterocycles. The van der Waals surface area contributed by atoms with Crippen molar-refractivity contribution in [3.8, 4) is 5.88 Å². The summed E-state index contributed by atoms with van der Waals surface area (Å²) in [6.45, 7) is 3.34. The van der Waals surface area contributed by atoms with E-state index < -0.39 is 0 Å². The van der Waals surface area contributed by atoms with Gasteiger partial charge in [-0.2, -0.15) is 0 Å². The molecule has 0 saturated carbocycles. The fourth-order valence-corrected chi connectivity index (χ4v) is 1.63. The number of nitrogens with zero attached hydrogens (tertiary/aromatic N) is 2. The first-order valence-electron chi connectivity index (χ1n) is 6.71. The van der Waals surface area contributed by atoms with E-state index >= 15 is 0 Å². The fourth-order valence-electron chi connectivity index (χ4n) is 1.63. The monoisotopic (exact) mass is 275 g/mol. The lowest BCUT2D eigenvalue weighted by atomic mass is 10.2. The van der Waals surface area contributed by atoms with Crippen LogP contribution in [0.1, 0.15) is 25.3 Å². The minimum atomic E-state index is -0.234. The van der Waals surface area contributed by atoms with Gasteiger partial charge in [-0.1, -0.05) is 25.5 Å². The third-order valence-electron chi connectivity index (χ3n) is 2.78. The molecule has 2 rings (SSSR count). The number of hydrogen-bond donors (Lipinski definition) is 1. The van der Waals surface area contributed by atoms with Crippen LogP contribution >= 0.6 is 0 Å². The topological polar surface area (TPSA) is 47.0 Å². The molecule has 0 unspecified atom stereocenters. The largest absolute Gasteiger partial charge is 0.478 e. The summed E-state index contributed by atoms with van der Waals surface area (Å²) >= 11 is 0. The van der Waals surface area contributed by atoms with Crippen molar-refractivity contribution in [2.75, 3.05) is 11.9 Å². The second kappa shape index (κ2) is 7.43. The molecule has 0 aliphatic carbocycles. The van der Waals surface area contributed by atoms with Crippen LogP contribution in [-0.2, 0) is 6.54 Å². The highest BCUT2D eigenvalue weighted by atomic mass is 19.1. The Bertz CT molecular complexity index is 531. The second-order valence-corrected chi connectivity index (χ2v) is 4.42. The van der Waals surface area contributed by atoms with Crippen molar-refractivity contribution in [3.63, 3.8) is 0 Å². The Morgan fingerprint density at radius 3 is 2.75 bits per heavy atom. The molecule has 1 aromatic carbocycles. The van der Waals surface area contributed by atoms with Crippen molar-refractivity contribution in [1.82, 2.24) is 9.97 Å². The molecule has 0 saturated heterocycles. The summed E-state index contributed by atoms with van der Waals surface area (Å²) in [5.74, 6) is 1.02. The van der Waals surface area contributed by atoms with E-state index in [2.05, 4.69) is 22.2 Å². The van der Waals surface area contributed by atoms with Crippen LogP contribution in [0.2, 0.25) is 0 Å². The lowest BCUT2D eigenvalue weighted by Crippen LogP contribution is -2.04. The Labute approximate surface area is 118 Å². The van der Waals surface area contributed by atoms with Crippen LogP contribution in [0.3, 0.4) is 0 Å². The Morgan fingerprint density at radius 1 is 1.20 bits per heavy atom. The van der Waals surface area contributed by atoms with Gasteiger partial charge in [0.15, 0.2) is 0 Å². The summed E-state index contributed by atoms with van der Waals surface area (Å²) in [5, 5.41) is 3.16. The predicted molar refractivity (Wildman–Crippen MR) is 76.2 cm³/mol. The van der Waals surface area contributed by atoms with Crippen molar-refractivity contribution in [2.45, 2.75) is 26.3 Å². The maximum Gasteiger partial charge on any atom is 0.218 e. The van der Waals surface area contributed by atoms with Crippen LogP contribution in [0.4, 0.5) is 10.2 Å². The molecule has 4 nitrogen and oxygen atoms in total. The smallest absolute Gasteiger partial charge is 0.218 e. The van der Waals surface area contributed by atoms with E-state index in [0.29, 0.717) is 24.8 Å². The van der Waals surface area contributed by atoms with Gasteiger partial charge in [0.25, 0.3) is 0 Å². The number of anilines is 1. The van der Waals surface area contributed by atoms with Gasteiger partial charge < -0.3 is 10.1 Å². The van der Waals surface area contributed by atoms with E-state index in [1.165, 1.54) is 18.5 Å². The zero-order valence-corrected chi connectivity index (χ0v) is 11.5. The number of rotatable bonds is 7. The maximum absolute atomic E-state index is 12.8. The zero-order chi connectivity index (χ0) is 14.2. The van der Waals surface area contributed by atoms with Gasteiger partial charge in [0.1, 0.15) is 18.0 Å². The molecular weight excluding hydrogens is 257 g/mol. The number of halogens is 1. The third kappa shape index (κ3) is 4.50. The number of nitrogens with one attached hydrogen (secondary N) is 1. The van der Waals surface area contributed by atoms with Gasteiger partial charge >= 0.3 is 0 Å². The van der Waals surface area contributed by atoms with E-state index in [1.807, 2.05) is 0 Å². The minimum Gasteiger partial charge on any atom is -0.478 e. The number of benzene rings is 1. The van der Waals surface area contributed by atoms with Crippen molar-refractivity contribution < 1.29 is 9.13 Å². The van der Waals surface area contributed by atoms with Gasteiger partial charge in [0, 0.05) is 12.6 Å². The molecule has 0 fully saturated rings. The predicted octanol–water partition coefficient (Wildman–Crippen LogP) is 3.41. The molecule has 1 N–H and O–H groups in total. The van der Waals surface area contributed by atoms with Gasteiger partial charge in [0.2, 0.25) is 5.88 Å². The van der Waals surface area contributed by atoms with E-state index in [4.69, 9.17) is 4.74 Å². The molecule has 0 spiro atoms. The maximum atomic E-state index is 12.8. The second-order valence-electron chi connectivity index (χ2n) is 4.42. The summed E-state index contributed by atoms with van der Waals surface area (Å²) < 4.78 is 18.3. The van der Waals surface area contributed by atoms with Crippen LogP contribution in [0.15, 0.2) is 36.7 Å². The van der Waals surface area contributed by atoms with Crippen molar-refractivity contribution in [3.05, 3.63) is 48.0 Å². The van der Waals surface area contributed by atoms with Crippen molar-refractivity contribution >= 4 is 5.82 Å². The highest BCUT2D eigenvalue weighted by molar-refractivity contribution is 5.38. The Kier molecular flexibility index (Phi) is 5.29. The Hall–Kier alpha value is -2.17. The number of ether oxygens (including phenoxy) is 1. The van der Waals surface area contributed by atoms with E-state index in [-0.39, 0.29) is 5.82 Å². The van der Waals surface area contributed by atoms with Crippen LogP contribution < -0.4 is 10.1 Å². The molecule has 0 atom stereocenters. The SMILES string of the molecule is CCCCOc1cc(NCc2ccc(F)cc2)ncn1. The highest BCUT2D eigenvalue weighted by Gasteiger charge is 2.00. The lowest BCUT2D eigenvalue weighted by molar-refractivity contribution is 0.297. The van der Waals surface area contributed by atoms with Gasteiger partial charge in [-0.15, -0.1) is 0 Å². The lowest BCUT2D eigenvalue weighted by Gasteiger charge is -2.08. The van der Waals surface area contributed by atoms with Gasteiger partial charge in [0.05, 0.1) is 6.61 Å². The van der Waals surface area contributed by atoms with Gasteiger partial charge in [-0.05, 0) is 24.1 Å². The van der Waals surface area contributed by atoms with Gasteiger partial charge in [-0.25, -0.2) is 14.4 Å². The molecular formula is C15H18FN3O. The summed E-state index contributed by atoms with van der Waals surface area (Å²) in [6.07, 6.45) is 3.55. The van der Waals surface area contributed by atoms with Crippen LogP contribution in [0.5, 0.6) is 5.88 Å². The molecule has 20 heavy (non-hydrogen) atoms. The van der Waals surface area contributed by atoms with Crippen LogP contribution in [0.25, 0.3) is 0 Å². The fraction of sp³-hybridized carbons (Fsp3) is 0.333. The Balaban J connectivity index is 1.89. The first-order valence-corrected chi connectivity index (χ1v) is 6.71. The van der Waals surface area contributed by atoms with Crippen LogP contribution in [-0.4, -0.2) is 16.6 Å². The molecule has 0 bridgehead atoms. The minimum absolute atomic E-state index is 0.234. The summed E-state index contributed by atoms with van der Waals surface area (Å²) in [7, 11) is 0. The average molecular weight is 275 g/mol. The van der Waals surface area contributed by atoms with E-state index in [0.717, 1.165) is 18.4 Å². The van der Waals surface area contributed by atoms with Crippen molar-refractivity contribution in [2.24, 2.45) is 0 Å². The summed E-state index contributed by atoms with van der Waals surface area (Å²) in [6, 6.07) is 8.12. The molecule has 0 aliphatic rings.